The Morgan fingerprint density at radius 1 is 0.429 bits per heavy atom. The molecule has 4 nitrogen and oxygen atoms in total. The fourth-order valence-corrected chi connectivity index (χ4v) is 9.85. The number of anilines is 5. The van der Waals surface area contributed by atoms with Crippen molar-refractivity contribution in [2.75, 3.05) is 9.80 Å². The largest absolute Gasteiger partial charge is 0.454 e. The highest BCUT2D eigenvalue weighted by molar-refractivity contribution is 6.28. The Kier molecular flexibility index (Phi) is 9.20. The number of furan rings is 2. The molecule has 2 aromatic heterocycles. The SMILES string of the molecule is CC.CC1=CC=CC(N(c2ccc3ccc4c(N(c5ccc(C)cc5)c5cccc6c5oc5c(C)cccc56)ccc5ccc2c3c54)c2cccc3c2oc2c(C)cccc23)C=C1. The van der Waals surface area contributed by atoms with E-state index >= 15 is 0 Å². The van der Waals surface area contributed by atoms with Crippen LogP contribution >= 0.6 is 0 Å². The number of nitrogens with zero attached hydrogens (tertiary/aromatic N) is 2. The van der Waals surface area contributed by atoms with Crippen LogP contribution in [0.1, 0.15) is 37.5 Å². The summed E-state index contributed by atoms with van der Waals surface area (Å²) in [5, 5.41) is 11.7. The summed E-state index contributed by atoms with van der Waals surface area (Å²) in [5.41, 5.74) is 13.6. The zero-order valence-electron chi connectivity index (χ0n) is 36.5. The molecule has 0 amide bonds. The van der Waals surface area contributed by atoms with Gasteiger partial charge in [-0.15, -0.1) is 0 Å². The zero-order valence-corrected chi connectivity index (χ0v) is 36.5. The number of para-hydroxylation sites is 4. The van der Waals surface area contributed by atoms with Crippen LogP contribution in [0, 0.1) is 20.8 Å². The maximum Gasteiger partial charge on any atom is 0.159 e. The quantitative estimate of drug-likeness (QED) is 0.157. The minimum atomic E-state index is -0.0763. The van der Waals surface area contributed by atoms with Gasteiger partial charge in [0.2, 0.25) is 0 Å². The van der Waals surface area contributed by atoms with E-state index in [1.54, 1.807) is 0 Å². The van der Waals surface area contributed by atoms with Crippen LogP contribution in [0.25, 0.3) is 76.2 Å². The molecule has 1 unspecified atom stereocenters. The Labute approximate surface area is 367 Å². The number of hydrogen-bond acceptors (Lipinski definition) is 4. The zero-order chi connectivity index (χ0) is 42.9. The molecule has 9 aromatic carbocycles. The third-order valence-corrected chi connectivity index (χ3v) is 12.8. The van der Waals surface area contributed by atoms with Crippen LogP contribution in [-0.2, 0) is 0 Å². The molecule has 0 spiro atoms. The van der Waals surface area contributed by atoms with Gasteiger partial charge in [0.25, 0.3) is 0 Å². The third kappa shape index (κ3) is 6.04. The highest BCUT2D eigenvalue weighted by Gasteiger charge is 2.27. The van der Waals surface area contributed by atoms with Gasteiger partial charge < -0.3 is 18.6 Å². The predicted molar refractivity (Wildman–Crippen MR) is 269 cm³/mol. The lowest BCUT2D eigenvalue weighted by Gasteiger charge is -2.32. The normalized spacial score (nSPS) is 14.0. The molecule has 0 saturated carbocycles. The fraction of sp³-hybridized carbons (Fsp3) is 0.119. The van der Waals surface area contributed by atoms with E-state index in [0.717, 1.165) is 83.4 Å². The van der Waals surface area contributed by atoms with Crippen LogP contribution < -0.4 is 9.80 Å². The fourth-order valence-electron chi connectivity index (χ4n) is 9.85. The first-order chi connectivity index (χ1) is 30.9. The van der Waals surface area contributed by atoms with Crippen molar-refractivity contribution in [1.82, 2.24) is 0 Å². The molecule has 1 aliphatic rings. The number of rotatable bonds is 6. The molecule has 0 aliphatic heterocycles. The van der Waals surface area contributed by atoms with Gasteiger partial charge in [-0.2, -0.15) is 0 Å². The summed E-state index contributed by atoms with van der Waals surface area (Å²) in [6, 6.07) is 53.0. The number of fused-ring (bicyclic) bond motifs is 6. The molecule has 1 aliphatic carbocycles. The molecule has 0 saturated heterocycles. The van der Waals surface area contributed by atoms with E-state index in [2.05, 4.69) is 213 Å². The molecule has 12 rings (SSSR count). The van der Waals surface area contributed by atoms with E-state index in [4.69, 9.17) is 8.83 Å². The first-order valence-corrected chi connectivity index (χ1v) is 22.1. The van der Waals surface area contributed by atoms with Crippen LogP contribution in [0.5, 0.6) is 0 Å². The lowest BCUT2D eigenvalue weighted by molar-refractivity contribution is 0.664. The van der Waals surface area contributed by atoms with Gasteiger partial charge in [-0.3, -0.25) is 0 Å². The average Bonchev–Trinajstić information content (AvgIpc) is 3.83. The van der Waals surface area contributed by atoms with Gasteiger partial charge >= 0.3 is 0 Å². The molecular weight excluding hydrogens is 769 g/mol. The third-order valence-electron chi connectivity index (χ3n) is 12.8. The van der Waals surface area contributed by atoms with Gasteiger partial charge in [0.1, 0.15) is 11.2 Å². The standard InChI is InChI=1S/C57H42N2O2.C2H6/c1-34-10-5-13-40(27-20-34)58(50-18-8-16-44-42-14-6-11-36(3)54(42)60-56(44)50)48-32-25-38-24-31-47-49(33-26-39-23-30-46(48)52(38)53(39)47)59(41-28-21-35(2)22-29-41)51-19-9-17-45-43-15-7-12-37(4)55(43)61-57(45)51;1-2/h5-33,40H,1-4H3;1-2H3. The lowest BCUT2D eigenvalue weighted by Crippen LogP contribution is -2.28. The molecule has 0 fully saturated rings. The summed E-state index contributed by atoms with van der Waals surface area (Å²) in [4.78, 5) is 4.86. The first-order valence-electron chi connectivity index (χ1n) is 22.1. The molecule has 4 heteroatoms. The van der Waals surface area contributed by atoms with Crippen molar-refractivity contribution in [3.05, 3.63) is 198 Å². The molecule has 63 heavy (non-hydrogen) atoms. The highest BCUT2D eigenvalue weighted by Crippen LogP contribution is 2.49. The summed E-state index contributed by atoms with van der Waals surface area (Å²) >= 11 is 0. The topological polar surface area (TPSA) is 32.8 Å². The van der Waals surface area contributed by atoms with E-state index in [0.29, 0.717) is 0 Å². The van der Waals surface area contributed by atoms with Gasteiger partial charge in [-0.25, -0.2) is 0 Å². The number of benzene rings is 9. The number of aryl methyl sites for hydroxylation is 3. The average molecular weight is 817 g/mol. The molecule has 0 N–H and O–H groups in total. The maximum atomic E-state index is 6.86. The van der Waals surface area contributed by atoms with Gasteiger partial charge in [-0.05, 0) is 96.8 Å². The van der Waals surface area contributed by atoms with E-state index in [1.807, 2.05) is 13.8 Å². The minimum absolute atomic E-state index is 0.0763. The minimum Gasteiger partial charge on any atom is -0.454 e. The second kappa shape index (κ2) is 15.1. The Morgan fingerprint density at radius 2 is 0.937 bits per heavy atom. The second-order valence-electron chi connectivity index (χ2n) is 16.7. The molecule has 0 bridgehead atoms. The Hall–Kier alpha value is -7.56. The summed E-state index contributed by atoms with van der Waals surface area (Å²) in [7, 11) is 0. The monoisotopic (exact) mass is 816 g/mol. The van der Waals surface area contributed by atoms with E-state index in [1.165, 1.54) is 43.5 Å². The number of allylic oxidation sites excluding steroid dienone is 4. The Balaban J connectivity index is 0.00000219. The highest BCUT2D eigenvalue weighted by atomic mass is 16.3. The Morgan fingerprint density at radius 3 is 1.56 bits per heavy atom. The summed E-state index contributed by atoms with van der Waals surface area (Å²) in [6.45, 7) is 12.5. The summed E-state index contributed by atoms with van der Waals surface area (Å²) in [5.74, 6) is 0. The van der Waals surface area contributed by atoms with Gasteiger partial charge in [-0.1, -0.05) is 165 Å². The second-order valence-corrected chi connectivity index (χ2v) is 16.7. The van der Waals surface area contributed by atoms with E-state index in [-0.39, 0.29) is 6.04 Å². The van der Waals surface area contributed by atoms with Crippen molar-refractivity contribution in [2.45, 2.75) is 47.6 Å². The predicted octanol–water partition coefficient (Wildman–Crippen LogP) is 17.4. The molecule has 0 radical (unpaired) electrons. The van der Waals surface area contributed by atoms with E-state index < -0.39 is 0 Å². The Bertz CT molecular complexity index is 3650. The molecule has 306 valence electrons. The molecule has 11 aromatic rings. The number of hydrogen-bond donors (Lipinski definition) is 0. The van der Waals surface area contributed by atoms with Crippen LogP contribution in [0.3, 0.4) is 0 Å². The smallest absolute Gasteiger partial charge is 0.159 e. The summed E-state index contributed by atoms with van der Waals surface area (Å²) in [6.07, 6.45) is 11.2. The molecule has 2 heterocycles. The molecular formula is C59H48N2O2. The van der Waals surface area contributed by atoms with Crippen molar-refractivity contribution in [1.29, 1.82) is 0 Å². The van der Waals surface area contributed by atoms with Gasteiger partial charge in [0, 0.05) is 38.0 Å². The summed E-state index contributed by atoms with van der Waals surface area (Å²) < 4.78 is 13.7. The van der Waals surface area contributed by atoms with Gasteiger partial charge in [0.15, 0.2) is 11.2 Å². The first kappa shape index (κ1) is 38.4. The van der Waals surface area contributed by atoms with Crippen LogP contribution in [0.2, 0.25) is 0 Å². The van der Waals surface area contributed by atoms with Crippen molar-refractivity contribution in [2.24, 2.45) is 0 Å². The van der Waals surface area contributed by atoms with Crippen molar-refractivity contribution >= 4 is 105 Å². The van der Waals surface area contributed by atoms with Crippen molar-refractivity contribution in [3.8, 4) is 0 Å². The van der Waals surface area contributed by atoms with Crippen molar-refractivity contribution < 1.29 is 8.83 Å². The van der Waals surface area contributed by atoms with Crippen LogP contribution in [0.15, 0.2) is 190 Å². The lowest BCUT2D eigenvalue weighted by atomic mass is 9.91. The van der Waals surface area contributed by atoms with Crippen molar-refractivity contribution in [3.63, 3.8) is 0 Å². The van der Waals surface area contributed by atoms with E-state index in [9.17, 15) is 0 Å². The van der Waals surface area contributed by atoms with Crippen LogP contribution in [-0.4, -0.2) is 6.04 Å². The van der Waals surface area contributed by atoms with Gasteiger partial charge in [0.05, 0.1) is 28.8 Å². The van der Waals surface area contributed by atoms with Crippen LogP contribution in [0.4, 0.5) is 28.4 Å². The maximum absolute atomic E-state index is 6.86. The molecule has 1 atom stereocenters.